The summed E-state index contributed by atoms with van der Waals surface area (Å²) in [4.78, 5) is 2.55. The molecule has 3 heterocycles. The first kappa shape index (κ1) is 20.1. The molecule has 0 spiro atoms. The normalized spacial score (nSPS) is 18.5. The van der Waals surface area contributed by atoms with E-state index in [4.69, 9.17) is 18.9 Å². The van der Waals surface area contributed by atoms with Crippen LogP contribution >= 0.6 is 0 Å². The quantitative estimate of drug-likeness (QED) is 0.550. The Kier molecular flexibility index (Phi) is 5.20. The van der Waals surface area contributed by atoms with Crippen LogP contribution in [-0.2, 0) is 6.42 Å². The maximum atomic E-state index is 5.88. The first-order valence-electron chi connectivity index (χ1n) is 11.4. The van der Waals surface area contributed by atoms with Crippen LogP contribution in [0.5, 0.6) is 23.0 Å². The lowest BCUT2D eigenvalue weighted by molar-refractivity contribution is 0.174. The van der Waals surface area contributed by atoms with Gasteiger partial charge in [-0.25, -0.2) is 0 Å². The number of rotatable bonds is 6. The fraction of sp³-hybridized carbons (Fsp3) is 0.462. The minimum Gasteiger partial charge on any atom is -0.493 e. The van der Waals surface area contributed by atoms with Crippen LogP contribution in [0, 0.1) is 0 Å². The highest BCUT2D eigenvalue weighted by atomic mass is 16.7. The molecule has 0 aliphatic carbocycles. The molecule has 0 saturated carbocycles. The van der Waals surface area contributed by atoms with Crippen LogP contribution in [0.15, 0.2) is 24.3 Å². The summed E-state index contributed by atoms with van der Waals surface area (Å²) in [6, 6.07) is 8.84. The van der Waals surface area contributed by atoms with Crippen LogP contribution in [-0.4, -0.2) is 32.5 Å². The standard InChI is InChI=1S/C26H31NO4/c1-5-6-7-8-19-18-9-10-21(28-3)26(29-4)24(18)16(2)27-12-11-17-13-22-23(31-15-30-22)14-20(17)25(19)27/h9-10,13-14,16H,5-8,11-12,15H2,1-4H3/t16-/m0/s1. The Labute approximate surface area is 184 Å². The van der Waals surface area contributed by atoms with E-state index in [9.17, 15) is 0 Å². The van der Waals surface area contributed by atoms with Crippen LogP contribution in [0.1, 0.15) is 67.8 Å². The lowest BCUT2D eigenvalue weighted by Crippen LogP contribution is -2.36. The summed E-state index contributed by atoms with van der Waals surface area (Å²) in [5.41, 5.74) is 7.92. The second-order valence-electron chi connectivity index (χ2n) is 8.53. The zero-order chi connectivity index (χ0) is 21.5. The smallest absolute Gasteiger partial charge is 0.231 e. The van der Waals surface area contributed by atoms with Gasteiger partial charge in [-0.05, 0) is 61.1 Å². The summed E-state index contributed by atoms with van der Waals surface area (Å²) in [6.07, 6.45) is 5.64. The molecule has 0 N–H and O–H groups in total. The Morgan fingerprint density at radius 2 is 1.84 bits per heavy atom. The molecular formula is C26H31NO4. The minimum atomic E-state index is 0.198. The average Bonchev–Trinajstić information content (AvgIpc) is 3.25. The molecule has 164 valence electrons. The predicted octanol–water partition coefficient (Wildman–Crippen LogP) is 5.81. The van der Waals surface area contributed by atoms with Crippen molar-refractivity contribution in [2.75, 3.05) is 27.6 Å². The highest BCUT2D eigenvalue weighted by Gasteiger charge is 2.37. The van der Waals surface area contributed by atoms with Crippen molar-refractivity contribution in [3.8, 4) is 23.0 Å². The molecule has 0 radical (unpaired) electrons. The van der Waals surface area contributed by atoms with Crippen molar-refractivity contribution < 1.29 is 18.9 Å². The molecule has 31 heavy (non-hydrogen) atoms. The molecule has 5 heteroatoms. The van der Waals surface area contributed by atoms with E-state index in [2.05, 4.69) is 36.9 Å². The van der Waals surface area contributed by atoms with Crippen molar-refractivity contribution in [1.29, 1.82) is 0 Å². The van der Waals surface area contributed by atoms with Crippen molar-refractivity contribution in [1.82, 2.24) is 4.90 Å². The van der Waals surface area contributed by atoms with Crippen molar-refractivity contribution in [2.24, 2.45) is 0 Å². The van der Waals surface area contributed by atoms with Crippen molar-refractivity contribution in [2.45, 2.75) is 52.0 Å². The molecule has 2 aromatic rings. The van der Waals surface area contributed by atoms with Gasteiger partial charge in [0.1, 0.15) is 0 Å². The van der Waals surface area contributed by atoms with E-state index in [1.165, 1.54) is 52.8 Å². The van der Waals surface area contributed by atoms with E-state index in [1.807, 2.05) is 6.07 Å². The highest BCUT2D eigenvalue weighted by molar-refractivity contribution is 5.95. The Hall–Kier alpha value is -2.82. The Balaban J connectivity index is 1.74. The average molecular weight is 422 g/mol. The molecule has 0 unspecified atom stereocenters. The molecule has 3 aliphatic heterocycles. The fourth-order valence-electron chi connectivity index (χ4n) is 5.36. The van der Waals surface area contributed by atoms with Gasteiger partial charge in [-0.15, -0.1) is 0 Å². The number of unbranched alkanes of at least 4 members (excludes halogenated alkanes) is 2. The number of hydrogen-bond acceptors (Lipinski definition) is 5. The van der Waals surface area contributed by atoms with Crippen LogP contribution in [0.4, 0.5) is 0 Å². The predicted molar refractivity (Wildman–Crippen MR) is 122 cm³/mol. The first-order chi connectivity index (χ1) is 15.2. The fourth-order valence-corrected chi connectivity index (χ4v) is 5.36. The number of fused-ring (bicyclic) bond motifs is 5. The van der Waals surface area contributed by atoms with Gasteiger partial charge in [0.2, 0.25) is 6.79 Å². The summed E-state index contributed by atoms with van der Waals surface area (Å²) < 4.78 is 22.9. The van der Waals surface area contributed by atoms with E-state index in [-0.39, 0.29) is 6.04 Å². The molecule has 3 aliphatic rings. The number of benzene rings is 2. The Morgan fingerprint density at radius 1 is 1.03 bits per heavy atom. The third kappa shape index (κ3) is 3.13. The summed E-state index contributed by atoms with van der Waals surface area (Å²) in [5, 5.41) is 0. The third-order valence-corrected chi connectivity index (χ3v) is 6.87. The van der Waals surface area contributed by atoms with Crippen LogP contribution < -0.4 is 18.9 Å². The van der Waals surface area contributed by atoms with Gasteiger partial charge in [0.25, 0.3) is 0 Å². The van der Waals surface area contributed by atoms with E-state index >= 15 is 0 Å². The van der Waals surface area contributed by atoms with Crippen molar-refractivity contribution >= 4 is 11.3 Å². The SMILES string of the molecule is CCCCCC1=C2c3cc4c(cc3CCN2[C@@H](C)c2c1ccc(OC)c2OC)OCO4. The van der Waals surface area contributed by atoms with E-state index in [0.29, 0.717) is 6.79 Å². The Morgan fingerprint density at radius 3 is 2.58 bits per heavy atom. The van der Waals surface area contributed by atoms with Crippen LogP contribution in [0.3, 0.4) is 0 Å². The van der Waals surface area contributed by atoms with Crippen LogP contribution in [0.2, 0.25) is 0 Å². The van der Waals surface area contributed by atoms with Crippen molar-refractivity contribution in [3.63, 3.8) is 0 Å². The maximum Gasteiger partial charge on any atom is 0.231 e. The van der Waals surface area contributed by atoms with Gasteiger partial charge in [-0.1, -0.05) is 25.8 Å². The monoisotopic (exact) mass is 421 g/mol. The number of allylic oxidation sites excluding steroid dienone is 1. The molecule has 0 saturated heterocycles. The maximum absolute atomic E-state index is 5.88. The molecule has 1 atom stereocenters. The number of nitrogens with zero attached hydrogens (tertiary/aromatic N) is 1. The van der Waals surface area contributed by atoms with Gasteiger partial charge in [0.15, 0.2) is 23.0 Å². The lowest BCUT2D eigenvalue weighted by Gasteiger charge is -2.44. The van der Waals surface area contributed by atoms with Gasteiger partial charge >= 0.3 is 0 Å². The number of hydrogen-bond donors (Lipinski definition) is 0. The molecule has 5 rings (SSSR count). The zero-order valence-corrected chi connectivity index (χ0v) is 18.9. The van der Waals surface area contributed by atoms with E-state index < -0.39 is 0 Å². The number of methoxy groups -OCH3 is 2. The number of ether oxygens (including phenoxy) is 4. The second-order valence-corrected chi connectivity index (χ2v) is 8.53. The largest absolute Gasteiger partial charge is 0.493 e. The minimum absolute atomic E-state index is 0.198. The van der Waals surface area contributed by atoms with Gasteiger partial charge < -0.3 is 23.8 Å². The van der Waals surface area contributed by atoms with Crippen molar-refractivity contribution in [3.05, 3.63) is 46.5 Å². The first-order valence-corrected chi connectivity index (χ1v) is 11.4. The lowest BCUT2D eigenvalue weighted by atomic mass is 9.80. The molecule has 0 aromatic heterocycles. The van der Waals surface area contributed by atoms with Gasteiger partial charge in [-0.2, -0.15) is 0 Å². The molecule has 0 bridgehead atoms. The molecule has 5 nitrogen and oxygen atoms in total. The molecule has 0 amide bonds. The summed E-state index contributed by atoms with van der Waals surface area (Å²) >= 11 is 0. The summed E-state index contributed by atoms with van der Waals surface area (Å²) in [5.74, 6) is 3.38. The van der Waals surface area contributed by atoms with Crippen LogP contribution in [0.25, 0.3) is 11.3 Å². The van der Waals surface area contributed by atoms with Gasteiger partial charge in [0.05, 0.1) is 20.3 Å². The van der Waals surface area contributed by atoms with Gasteiger partial charge in [0, 0.05) is 23.4 Å². The second kappa shape index (κ2) is 8.03. The zero-order valence-electron chi connectivity index (χ0n) is 18.9. The summed E-state index contributed by atoms with van der Waals surface area (Å²) in [6.45, 7) is 5.81. The molecule has 2 aromatic carbocycles. The van der Waals surface area contributed by atoms with E-state index in [0.717, 1.165) is 42.4 Å². The molecule has 0 fully saturated rings. The Bertz CT molecular complexity index is 1040. The topological polar surface area (TPSA) is 40.2 Å². The van der Waals surface area contributed by atoms with Gasteiger partial charge in [-0.3, -0.25) is 0 Å². The third-order valence-electron chi connectivity index (χ3n) is 6.87. The molecular weight excluding hydrogens is 390 g/mol. The van der Waals surface area contributed by atoms with E-state index in [1.54, 1.807) is 14.2 Å². The summed E-state index contributed by atoms with van der Waals surface area (Å²) in [7, 11) is 3.45. The highest BCUT2D eigenvalue weighted by Crippen LogP contribution is 2.53.